The van der Waals surface area contributed by atoms with E-state index in [0.29, 0.717) is 11.8 Å². The van der Waals surface area contributed by atoms with E-state index in [1.165, 1.54) is 21.1 Å². The number of halogens is 2. The van der Waals surface area contributed by atoms with Crippen LogP contribution in [0.25, 0.3) is 0 Å². The van der Waals surface area contributed by atoms with Gasteiger partial charge < -0.3 is 9.64 Å². The Bertz CT molecular complexity index is 497. The largest absolute Gasteiger partial charge is 0.361 e. The topological polar surface area (TPSA) is 15.7 Å². The number of hydrogen-bond acceptors (Lipinski definition) is 3. The molecule has 1 aliphatic rings. The summed E-state index contributed by atoms with van der Waals surface area (Å²) in [5, 5.41) is 0.526. The molecule has 0 N–H and O–H groups in total. The highest BCUT2D eigenvalue weighted by Gasteiger charge is 2.25. The second-order valence-electron chi connectivity index (χ2n) is 5.13. The Morgan fingerprint density at radius 2 is 1.86 bits per heavy atom. The summed E-state index contributed by atoms with van der Waals surface area (Å²) in [6.07, 6.45) is 4.65. The summed E-state index contributed by atoms with van der Waals surface area (Å²) in [5.74, 6) is 0. The van der Waals surface area contributed by atoms with Gasteiger partial charge in [0.25, 0.3) is 0 Å². The van der Waals surface area contributed by atoms with Crippen LogP contribution in [0.3, 0.4) is 0 Å². The molecule has 0 aromatic heterocycles. The van der Waals surface area contributed by atoms with Gasteiger partial charge in [-0.05, 0) is 29.5 Å². The van der Waals surface area contributed by atoms with Crippen molar-refractivity contribution in [3.05, 3.63) is 46.2 Å². The zero-order chi connectivity index (χ0) is 15.4. The number of methoxy groups -OCH3 is 1. The fraction of sp³-hybridized carbons (Fsp3) is 0.500. The Hall–Kier alpha value is -0.900. The molecule has 116 valence electrons. The molecule has 0 fully saturated rings. The van der Waals surface area contributed by atoms with Gasteiger partial charge in [-0.2, -0.15) is 0 Å². The molecule has 5 heteroatoms. The summed E-state index contributed by atoms with van der Waals surface area (Å²) in [6, 6.07) is 6.53. The Morgan fingerprint density at radius 3 is 2.29 bits per heavy atom. The number of aryl methyl sites for hydroxylation is 2. The van der Waals surface area contributed by atoms with Gasteiger partial charge in [0, 0.05) is 31.5 Å². The van der Waals surface area contributed by atoms with Crippen molar-refractivity contribution in [2.24, 2.45) is 0 Å². The van der Waals surface area contributed by atoms with Crippen molar-refractivity contribution in [3.63, 3.8) is 0 Å². The third kappa shape index (κ3) is 3.65. The zero-order valence-corrected chi connectivity index (χ0v) is 14.3. The van der Waals surface area contributed by atoms with Crippen LogP contribution in [0.2, 0.25) is 0 Å². The van der Waals surface area contributed by atoms with Crippen LogP contribution in [0, 0.1) is 0 Å². The van der Waals surface area contributed by atoms with Crippen molar-refractivity contribution in [3.8, 4) is 0 Å². The number of nitrogens with zero attached hydrogens (tertiary/aromatic N) is 2. The highest BCUT2D eigenvalue weighted by Crippen LogP contribution is 2.26. The fourth-order valence-corrected chi connectivity index (χ4v) is 3.09. The van der Waals surface area contributed by atoms with Crippen molar-refractivity contribution in [1.29, 1.82) is 0 Å². The molecule has 0 aliphatic carbocycles. The van der Waals surface area contributed by atoms with Gasteiger partial charge in [0.1, 0.15) is 18.1 Å². The first-order chi connectivity index (χ1) is 10.1. The highest BCUT2D eigenvalue weighted by molar-refractivity contribution is 6.33. The van der Waals surface area contributed by atoms with Crippen LogP contribution in [0.4, 0.5) is 0 Å². The molecule has 0 bridgehead atoms. The van der Waals surface area contributed by atoms with Gasteiger partial charge >= 0.3 is 0 Å². The van der Waals surface area contributed by atoms with Crippen molar-refractivity contribution >= 4 is 23.4 Å². The van der Waals surface area contributed by atoms with E-state index in [1.807, 2.05) is 11.1 Å². The van der Waals surface area contributed by atoms with E-state index in [1.54, 1.807) is 7.11 Å². The lowest BCUT2D eigenvalue weighted by atomic mass is 9.94. The molecule has 2 rings (SSSR count). The van der Waals surface area contributed by atoms with E-state index in [4.69, 9.17) is 28.1 Å². The average molecular weight is 329 g/mol. The van der Waals surface area contributed by atoms with Crippen molar-refractivity contribution in [2.45, 2.75) is 39.3 Å². The molecule has 0 spiro atoms. The fourth-order valence-electron chi connectivity index (χ4n) is 2.75. The molecule has 0 saturated heterocycles. The van der Waals surface area contributed by atoms with Crippen LogP contribution in [0.5, 0.6) is 0 Å². The second kappa shape index (κ2) is 7.39. The summed E-state index contributed by atoms with van der Waals surface area (Å²) in [7, 11) is 1.73. The standard InChI is InChI=1S/C16H22Cl2N2O/c1-4-12-7-6-8-13(5-2)14(12)9-16(21-3)19-10-15(17)20(18)11-19/h6-8,10,16H,4-5,9,11H2,1-3H3. The molecule has 0 radical (unpaired) electrons. The van der Waals surface area contributed by atoms with Gasteiger partial charge in [-0.3, -0.25) is 4.42 Å². The van der Waals surface area contributed by atoms with E-state index < -0.39 is 0 Å². The Labute approximate surface area is 137 Å². The first kappa shape index (κ1) is 16.5. The molecule has 1 aliphatic heterocycles. The first-order valence-corrected chi connectivity index (χ1v) is 8.01. The van der Waals surface area contributed by atoms with Crippen molar-refractivity contribution < 1.29 is 4.74 Å². The summed E-state index contributed by atoms with van der Waals surface area (Å²) < 4.78 is 7.16. The van der Waals surface area contributed by atoms with Gasteiger partial charge in [-0.25, -0.2) is 0 Å². The third-order valence-electron chi connectivity index (χ3n) is 3.94. The lowest BCUT2D eigenvalue weighted by molar-refractivity contribution is -0.00721. The first-order valence-electron chi connectivity index (χ1n) is 7.29. The highest BCUT2D eigenvalue weighted by atomic mass is 35.5. The van der Waals surface area contributed by atoms with Crippen LogP contribution in [-0.2, 0) is 24.0 Å². The van der Waals surface area contributed by atoms with E-state index in [0.717, 1.165) is 19.3 Å². The molecule has 1 heterocycles. The quantitative estimate of drug-likeness (QED) is 0.577. The third-order valence-corrected chi connectivity index (χ3v) is 4.62. The lowest BCUT2D eigenvalue weighted by Gasteiger charge is -2.28. The van der Waals surface area contributed by atoms with Gasteiger partial charge in [0.05, 0.1) is 0 Å². The van der Waals surface area contributed by atoms with Crippen LogP contribution in [0.15, 0.2) is 29.6 Å². The Kier molecular flexibility index (Phi) is 5.80. The maximum absolute atomic E-state index is 6.04. The Morgan fingerprint density at radius 1 is 1.24 bits per heavy atom. The molecule has 21 heavy (non-hydrogen) atoms. The van der Waals surface area contributed by atoms with Crippen LogP contribution in [0.1, 0.15) is 30.5 Å². The molecule has 1 aromatic carbocycles. The maximum Gasteiger partial charge on any atom is 0.137 e. The van der Waals surface area contributed by atoms with Gasteiger partial charge in [-0.1, -0.05) is 43.6 Å². The minimum atomic E-state index is -0.0690. The normalized spacial score (nSPS) is 16.3. The molecule has 1 aromatic rings. The van der Waals surface area contributed by atoms with E-state index in [-0.39, 0.29) is 6.23 Å². The summed E-state index contributed by atoms with van der Waals surface area (Å²) >= 11 is 12.1. The van der Waals surface area contributed by atoms with E-state index >= 15 is 0 Å². The minimum Gasteiger partial charge on any atom is -0.361 e. The van der Waals surface area contributed by atoms with Gasteiger partial charge in [-0.15, -0.1) is 0 Å². The molecule has 1 atom stereocenters. The molecular formula is C16H22Cl2N2O. The maximum atomic E-state index is 6.04. The zero-order valence-electron chi connectivity index (χ0n) is 12.8. The number of ether oxygens (including phenoxy) is 1. The number of rotatable bonds is 6. The monoisotopic (exact) mass is 328 g/mol. The SMILES string of the molecule is CCc1cccc(CC)c1CC(OC)N1C=C(Cl)N(Cl)C1. The Balaban J connectivity index is 2.23. The van der Waals surface area contributed by atoms with E-state index in [9.17, 15) is 0 Å². The van der Waals surface area contributed by atoms with Gasteiger partial charge in [0.2, 0.25) is 0 Å². The van der Waals surface area contributed by atoms with Crippen LogP contribution >= 0.6 is 23.4 Å². The smallest absolute Gasteiger partial charge is 0.137 e. The molecule has 0 amide bonds. The van der Waals surface area contributed by atoms with Crippen molar-refractivity contribution in [1.82, 2.24) is 9.32 Å². The molecule has 0 saturated carbocycles. The average Bonchev–Trinajstić information content (AvgIpc) is 2.83. The van der Waals surface area contributed by atoms with Crippen molar-refractivity contribution in [2.75, 3.05) is 13.8 Å². The minimum absolute atomic E-state index is 0.0690. The summed E-state index contributed by atoms with van der Waals surface area (Å²) in [5.41, 5.74) is 4.15. The summed E-state index contributed by atoms with van der Waals surface area (Å²) in [4.78, 5) is 2.03. The lowest BCUT2D eigenvalue weighted by Crippen LogP contribution is -2.35. The predicted octanol–water partition coefficient (Wildman–Crippen LogP) is 4.09. The van der Waals surface area contributed by atoms with Crippen LogP contribution in [-0.4, -0.2) is 29.3 Å². The van der Waals surface area contributed by atoms with E-state index in [2.05, 4.69) is 32.0 Å². The predicted molar refractivity (Wildman–Crippen MR) is 88.0 cm³/mol. The van der Waals surface area contributed by atoms with Crippen LogP contribution < -0.4 is 0 Å². The summed E-state index contributed by atoms with van der Waals surface area (Å²) in [6.45, 7) is 4.91. The molecule has 3 nitrogen and oxygen atoms in total. The molecular weight excluding hydrogens is 307 g/mol. The molecule has 1 unspecified atom stereocenters. The number of hydrogen-bond donors (Lipinski definition) is 0. The second-order valence-corrected chi connectivity index (χ2v) is 5.92. The number of benzene rings is 1. The van der Waals surface area contributed by atoms with Gasteiger partial charge in [0.15, 0.2) is 0 Å².